The van der Waals surface area contributed by atoms with Crippen molar-refractivity contribution in [2.45, 2.75) is 69.4 Å². The predicted molar refractivity (Wildman–Crippen MR) is 84.5 cm³/mol. The lowest BCUT2D eigenvalue weighted by Gasteiger charge is -2.35. The molecule has 0 bridgehead atoms. The third-order valence-corrected chi connectivity index (χ3v) is 5.52. The van der Waals surface area contributed by atoms with Crippen LogP contribution in [0.15, 0.2) is 24.5 Å². The van der Waals surface area contributed by atoms with Crippen LogP contribution in [-0.2, 0) is 16.1 Å². The number of aromatic nitrogens is 1. The molecule has 4 rings (SSSR count). The first-order valence-electron chi connectivity index (χ1n) is 8.80. The molecule has 120 valence electrons. The van der Waals surface area contributed by atoms with Gasteiger partial charge >= 0.3 is 0 Å². The zero-order chi connectivity index (χ0) is 14.8. The lowest BCUT2D eigenvalue weighted by atomic mass is 10.0. The maximum absolute atomic E-state index is 6.25. The van der Waals surface area contributed by atoms with Gasteiger partial charge in [0.15, 0.2) is 0 Å². The fourth-order valence-corrected chi connectivity index (χ4v) is 4.43. The Morgan fingerprint density at radius 1 is 1.14 bits per heavy atom. The zero-order valence-electron chi connectivity index (χ0n) is 13.2. The summed E-state index contributed by atoms with van der Waals surface area (Å²) >= 11 is 0. The van der Waals surface area contributed by atoms with Gasteiger partial charge in [0.1, 0.15) is 6.10 Å². The second-order valence-electron chi connectivity index (χ2n) is 6.88. The fraction of sp³-hybridized carbons (Fsp3) is 0.722. The number of nitrogens with zero attached hydrogens (tertiary/aromatic N) is 2. The number of hydrogen-bond acceptors (Lipinski definition) is 4. The molecule has 3 heterocycles. The van der Waals surface area contributed by atoms with Gasteiger partial charge in [0, 0.05) is 37.6 Å². The van der Waals surface area contributed by atoms with Gasteiger partial charge in [-0.05, 0) is 43.4 Å². The zero-order valence-corrected chi connectivity index (χ0v) is 13.2. The van der Waals surface area contributed by atoms with Gasteiger partial charge in [-0.3, -0.25) is 9.88 Å². The molecular formula is C18H26N2O2. The molecule has 3 aliphatic rings. The van der Waals surface area contributed by atoms with Crippen molar-refractivity contribution < 1.29 is 9.47 Å². The number of hydrogen-bond donors (Lipinski definition) is 0. The Labute approximate surface area is 132 Å². The van der Waals surface area contributed by atoms with Crippen LogP contribution in [0.5, 0.6) is 0 Å². The Morgan fingerprint density at radius 2 is 1.95 bits per heavy atom. The van der Waals surface area contributed by atoms with Gasteiger partial charge in [0.2, 0.25) is 0 Å². The third kappa shape index (κ3) is 2.92. The number of fused-ring (bicyclic) bond motifs is 1. The topological polar surface area (TPSA) is 34.6 Å². The molecule has 3 atom stereocenters. The van der Waals surface area contributed by atoms with Gasteiger partial charge in [-0.15, -0.1) is 0 Å². The van der Waals surface area contributed by atoms with Crippen LogP contribution in [-0.4, -0.2) is 47.3 Å². The van der Waals surface area contributed by atoms with E-state index in [9.17, 15) is 0 Å². The van der Waals surface area contributed by atoms with E-state index >= 15 is 0 Å². The third-order valence-electron chi connectivity index (χ3n) is 5.52. The summed E-state index contributed by atoms with van der Waals surface area (Å²) in [4.78, 5) is 6.78. The van der Waals surface area contributed by atoms with E-state index in [1.165, 1.54) is 44.1 Å². The summed E-state index contributed by atoms with van der Waals surface area (Å²) in [6.07, 6.45) is 12.1. The quantitative estimate of drug-likeness (QED) is 0.856. The van der Waals surface area contributed by atoms with Gasteiger partial charge in [-0.1, -0.05) is 12.8 Å². The molecule has 1 aliphatic carbocycles. The normalized spacial score (nSPS) is 33.2. The smallest absolute Gasteiger partial charge is 0.100 e. The van der Waals surface area contributed by atoms with Crippen molar-refractivity contribution in [3.8, 4) is 0 Å². The monoisotopic (exact) mass is 302 g/mol. The van der Waals surface area contributed by atoms with E-state index in [0.717, 1.165) is 19.2 Å². The van der Waals surface area contributed by atoms with E-state index in [1.54, 1.807) is 0 Å². The highest BCUT2D eigenvalue weighted by Gasteiger charge is 2.47. The molecule has 0 radical (unpaired) electrons. The second-order valence-corrected chi connectivity index (χ2v) is 6.88. The molecule has 0 N–H and O–H groups in total. The van der Waals surface area contributed by atoms with Crippen LogP contribution in [0.25, 0.3) is 0 Å². The van der Waals surface area contributed by atoms with Crippen molar-refractivity contribution in [1.82, 2.24) is 9.88 Å². The summed E-state index contributed by atoms with van der Waals surface area (Å²) < 4.78 is 12.4. The second kappa shape index (κ2) is 6.65. The van der Waals surface area contributed by atoms with Crippen LogP contribution in [0.3, 0.4) is 0 Å². The molecule has 1 aromatic rings. The van der Waals surface area contributed by atoms with E-state index in [-0.39, 0.29) is 12.2 Å². The van der Waals surface area contributed by atoms with Crippen LogP contribution >= 0.6 is 0 Å². The first-order valence-corrected chi connectivity index (χ1v) is 8.80. The summed E-state index contributed by atoms with van der Waals surface area (Å²) in [5, 5.41) is 0. The number of pyridine rings is 1. The van der Waals surface area contributed by atoms with Crippen molar-refractivity contribution in [1.29, 1.82) is 0 Å². The van der Waals surface area contributed by atoms with Crippen LogP contribution in [0.4, 0.5) is 0 Å². The molecule has 0 unspecified atom stereocenters. The van der Waals surface area contributed by atoms with Crippen molar-refractivity contribution in [3.05, 3.63) is 30.1 Å². The van der Waals surface area contributed by atoms with Crippen LogP contribution in [0.2, 0.25) is 0 Å². The van der Waals surface area contributed by atoms with E-state index in [2.05, 4.69) is 9.88 Å². The number of likely N-dealkylation sites (tertiary alicyclic amines) is 1. The molecule has 3 fully saturated rings. The van der Waals surface area contributed by atoms with Crippen molar-refractivity contribution in [2.75, 3.05) is 13.2 Å². The highest BCUT2D eigenvalue weighted by molar-refractivity contribution is 5.08. The maximum atomic E-state index is 6.25. The summed E-state index contributed by atoms with van der Waals surface area (Å²) in [5.41, 5.74) is 1.20. The van der Waals surface area contributed by atoms with E-state index < -0.39 is 0 Å². The van der Waals surface area contributed by atoms with Crippen molar-refractivity contribution in [3.63, 3.8) is 0 Å². The number of rotatable bonds is 4. The molecule has 2 saturated heterocycles. The SMILES string of the molecule is c1cc(CO[C@@H]2CN(C3CCCC3)[C@H]3CCCO[C@@H]23)ccn1. The molecule has 22 heavy (non-hydrogen) atoms. The molecule has 2 aliphatic heterocycles. The molecule has 4 nitrogen and oxygen atoms in total. The van der Waals surface area contributed by atoms with Gasteiger partial charge in [0.25, 0.3) is 0 Å². The summed E-state index contributed by atoms with van der Waals surface area (Å²) in [6.45, 7) is 2.61. The molecule has 4 heteroatoms. The minimum Gasteiger partial charge on any atom is -0.374 e. The Morgan fingerprint density at radius 3 is 2.77 bits per heavy atom. The average molecular weight is 302 g/mol. The Balaban J connectivity index is 1.42. The van der Waals surface area contributed by atoms with Gasteiger partial charge < -0.3 is 9.47 Å². The Kier molecular flexibility index (Phi) is 4.42. The van der Waals surface area contributed by atoms with Gasteiger partial charge in [-0.2, -0.15) is 0 Å². The lowest BCUT2D eigenvalue weighted by molar-refractivity contribution is -0.0826. The fourth-order valence-electron chi connectivity index (χ4n) is 4.43. The van der Waals surface area contributed by atoms with Crippen molar-refractivity contribution in [2.24, 2.45) is 0 Å². The van der Waals surface area contributed by atoms with Crippen molar-refractivity contribution >= 4 is 0 Å². The molecule has 1 aromatic heterocycles. The molecule has 0 amide bonds. The average Bonchev–Trinajstić information content (AvgIpc) is 3.22. The molecule has 0 aromatic carbocycles. The van der Waals surface area contributed by atoms with Crippen LogP contribution in [0.1, 0.15) is 44.1 Å². The Hall–Kier alpha value is -0.970. The first-order chi connectivity index (χ1) is 10.9. The Bertz CT molecular complexity index is 475. The summed E-state index contributed by atoms with van der Waals surface area (Å²) in [6, 6.07) is 5.41. The summed E-state index contributed by atoms with van der Waals surface area (Å²) in [7, 11) is 0. The molecule has 0 spiro atoms. The van der Waals surface area contributed by atoms with E-state index in [0.29, 0.717) is 12.6 Å². The first kappa shape index (κ1) is 14.6. The van der Waals surface area contributed by atoms with Gasteiger partial charge in [0.05, 0.1) is 12.7 Å². The summed E-state index contributed by atoms with van der Waals surface area (Å²) in [5.74, 6) is 0. The highest BCUT2D eigenvalue weighted by atomic mass is 16.5. The van der Waals surface area contributed by atoms with E-state index in [1.807, 2.05) is 24.5 Å². The van der Waals surface area contributed by atoms with Crippen LogP contribution < -0.4 is 0 Å². The molecule has 1 saturated carbocycles. The lowest BCUT2D eigenvalue weighted by Crippen LogP contribution is -2.44. The predicted octanol–water partition coefficient (Wildman–Crippen LogP) is 2.77. The minimum absolute atomic E-state index is 0.221. The van der Waals surface area contributed by atoms with E-state index in [4.69, 9.17) is 9.47 Å². The van der Waals surface area contributed by atoms with Crippen LogP contribution in [0, 0.1) is 0 Å². The highest BCUT2D eigenvalue weighted by Crippen LogP contribution is 2.36. The molecular weight excluding hydrogens is 276 g/mol. The number of ether oxygens (including phenoxy) is 2. The maximum Gasteiger partial charge on any atom is 0.100 e. The minimum atomic E-state index is 0.221. The largest absolute Gasteiger partial charge is 0.374 e. The standard InChI is InChI=1S/C18H26N2O2/c1-2-5-15(4-1)20-12-17(18-16(20)6-3-11-21-18)22-13-14-7-9-19-10-8-14/h7-10,15-18H,1-6,11-13H2/t16-,17+,18+/m0/s1. The van der Waals surface area contributed by atoms with Gasteiger partial charge in [-0.25, -0.2) is 0 Å².